The van der Waals surface area contributed by atoms with E-state index in [0.717, 1.165) is 31.1 Å². The van der Waals surface area contributed by atoms with Crippen LogP contribution in [0.5, 0.6) is 0 Å². The fourth-order valence-electron chi connectivity index (χ4n) is 5.90. The van der Waals surface area contributed by atoms with E-state index in [0.29, 0.717) is 23.0 Å². The van der Waals surface area contributed by atoms with Crippen LogP contribution in [-0.4, -0.2) is 29.1 Å². The molecule has 150 valence electrons. The largest absolute Gasteiger partial charge is 0.311 e. The second-order valence-corrected chi connectivity index (χ2v) is 9.30. The molecular formula is C25H29N3O. The Hall–Kier alpha value is -2.38. The lowest BCUT2D eigenvalue weighted by atomic mass is 9.81. The lowest BCUT2D eigenvalue weighted by molar-refractivity contribution is 0.0967. The number of piperidine rings is 1. The Morgan fingerprint density at radius 2 is 1.90 bits per heavy atom. The molecule has 2 fully saturated rings. The minimum atomic E-state index is 0.105. The highest BCUT2D eigenvalue weighted by Crippen LogP contribution is 2.37. The second kappa shape index (κ2) is 7.80. The van der Waals surface area contributed by atoms with Crippen molar-refractivity contribution in [3.63, 3.8) is 0 Å². The smallest absolute Gasteiger partial charge is 0.258 e. The first-order chi connectivity index (χ1) is 14.2. The molecule has 1 saturated heterocycles. The summed E-state index contributed by atoms with van der Waals surface area (Å²) in [7, 11) is 0. The molecule has 1 aromatic heterocycles. The Labute approximate surface area is 172 Å². The Bertz CT molecular complexity index is 996. The minimum absolute atomic E-state index is 0.105. The lowest BCUT2D eigenvalue weighted by Crippen LogP contribution is -2.48. The summed E-state index contributed by atoms with van der Waals surface area (Å²) in [6, 6.07) is 13.7. The summed E-state index contributed by atoms with van der Waals surface area (Å²) in [6.07, 6.45) is 8.22. The average Bonchev–Trinajstić information content (AvgIpc) is 2.75. The summed E-state index contributed by atoms with van der Waals surface area (Å²) in [4.78, 5) is 16.0. The number of nitrogens with zero attached hydrogens (tertiary/aromatic N) is 3. The topological polar surface area (TPSA) is 49.0 Å². The van der Waals surface area contributed by atoms with Crippen molar-refractivity contribution in [2.24, 2.45) is 11.8 Å². The second-order valence-electron chi connectivity index (χ2n) is 9.30. The third-order valence-electron chi connectivity index (χ3n) is 7.22. The van der Waals surface area contributed by atoms with Gasteiger partial charge in [-0.2, -0.15) is 5.26 Å². The molecule has 0 unspecified atom stereocenters. The van der Waals surface area contributed by atoms with E-state index in [9.17, 15) is 10.1 Å². The Kier molecular flexibility index (Phi) is 5.01. The molecule has 4 nitrogen and oxygen atoms in total. The van der Waals surface area contributed by atoms with Crippen molar-refractivity contribution in [3.05, 3.63) is 58.0 Å². The first kappa shape index (κ1) is 18.6. The van der Waals surface area contributed by atoms with Crippen LogP contribution in [0, 0.1) is 23.2 Å². The van der Waals surface area contributed by atoms with Gasteiger partial charge in [0.25, 0.3) is 5.56 Å². The molecule has 3 aliphatic rings. The number of hydrogen-bond donors (Lipinski definition) is 0. The number of pyridine rings is 1. The molecule has 2 atom stereocenters. The molecule has 0 radical (unpaired) electrons. The van der Waals surface area contributed by atoms with Crippen molar-refractivity contribution in [3.8, 4) is 17.2 Å². The van der Waals surface area contributed by atoms with Crippen LogP contribution < -0.4 is 5.56 Å². The standard InChI is InChI=1S/C25H29N3O/c26-13-19-7-4-8-21(11-19)23-9-10-24-22-12-20(16-28(24)25(23)29)15-27(17-22)14-18-5-2-1-3-6-18/h4,7-11,18,20,22H,1-3,5-6,12,14-17H2/t20-,22-/m1/s1. The summed E-state index contributed by atoms with van der Waals surface area (Å²) in [5.74, 6) is 1.92. The van der Waals surface area contributed by atoms with Crippen molar-refractivity contribution in [1.29, 1.82) is 5.26 Å². The van der Waals surface area contributed by atoms with E-state index in [1.54, 1.807) is 6.07 Å². The maximum absolute atomic E-state index is 13.3. The summed E-state index contributed by atoms with van der Waals surface area (Å²) in [5, 5.41) is 9.18. The van der Waals surface area contributed by atoms with Gasteiger partial charge in [-0.3, -0.25) is 4.79 Å². The van der Waals surface area contributed by atoms with Crippen LogP contribution in [0.4, 0.5) is 0 Å². The predicted molar refractivity (Wildman–Crippen MR) is 115 cm³/mol. The molecule has 1 saturated carbocycles. The third-order valence-corrected chi connectivity index (χ3v) is 7.22. The van der Waals surface area contributed by atoms with Gasteiger partial charge < -0.3 is 9.47 Å². The quantitative estimate of drug-likeness (QED) is 0.785. The number of likely N-dealkylation sites (tertiary alicyclic amines) is 1. The van der Waals surface area contributed by atoms with Gasteiger partial charge >= 0.3 is 0 Å². The first-order valence-corrected chi connectivity index (χ1v) is 11.2. The SMILES string of the molecule is N#Cc1cccc(-c2ccc3n(c2=O)C[C@@H]2C[C@@H]3CN(CC3CCCCC3)C2)c1. The summed E-state index contributed by atoms with van der Waals surface area (Å²) in [5.41, 5.74) is 3.47. The number of benzene rings is 1. The zero-order chi connectivity index (χ0) is 19.8. The van der Waals surface area contributed by atoms with Crippen LogP contribution in [0.3, 0.4) is 0 Å². The first-order valence-electron chi connectivity index (χ1n) is 11.2. The summed E-state index contributed by atoms with van der Waals surface area (Å²) < 4.78 is 2.03. The molecule has 29 heavy (non-hydrogen) atoms. The van der Waals surface area contributed by atoms with Crippen LogP contribution in [-0.2, 0) is 6.54 Å². The van der Waals surface area contributed by atoms with Crippen LogP contribution in [0.1, 0.15) is 55.7 Å². The third kappa shape index (κ3) is 3.65. The van der Waals surface area contributed by atoms with Crippen molar-refractivity contribution in [2.45, 2.75) is 51.0 Å². The zero-order valence-corrected chi connectivity index (χ0v) is 17.0. The number of nitriles is 1. The maximum atomic E-state index is 13.3. The number of fused-ring (bicyclic) bond motifs is 4. The molecule has 0 amide bonds. The monoisotopic (exact) mass is 387 g/mol. The molecule has 3 heterocycles. The Balaban J connectivity index is 1.40. The molecule has 1 aliphatic carbocycles. The fourth-order valence-corrected chi connectivity index (χ4v) is 5.90. The van der Waals surface area contributed by atoms with Crippen LogP contribution >= 0.6 is 0 Å². The zero-order valence-electron chi connectivity index (χ0n) is 17.0. The van der Waals surface area contributed by atoms with E-state index in [4.69, 9.17) is 0 Å². The van der Waals surface area contributed by atoms with E-state index in [1.165, 1.54) is 50.8 Å². The summed E-state index contributed by atoms with van der Waals surface area (Å²) in [6.45, 7) is 4.30. The highest BCUT2D eigenvalue weighted by atomic mass is 16.1. The van der Waals surface area contributed by atoms with Crippen LogP contribution in [0.25, 0.3) is 11.1 Å². The number of rotatable bonds is 3. The van der Waals surface area contributed by atoms with Gasteiger partial charge in [0.05, 0.1) is 11.6 Å². The maximum Gasteiger partial charge on any atom is 0.258 e. The highest BCUT2D eigenvalue weighted by Gasteiger charge is 2.35. The van der Waals surface area contributed by atoms with Gasteiger partial charge in [-0.15, -0.1) is 0 Å². The number of hydrogen-bond acceptors (Lipinski definition) is 3. The molecule has 2 bridgehead atoms. The van der Waals surface area contributed by atoms with Crippen LogP contribution in [0.2, 0.25) is 0 Å². The van der Waals surface area contributed by atoms with Gasteiger partial charge in [0.2, 0.25) is 0 Å². The minimum Gasteiger partial charge on any atom is -0.311 e. The van der Waals surface area contributed by atoms with Crippen molar-refractivity contribution >= 4 is 0 Å². The van der Waals surface area contributed by atoms with Gasteiger partial charge in [0, 0.05) is 43.4 Å². The predicted octanol–water partition coefficient (Wildman–Crippen LogP) is 4.39. The van der Waals surface area contributed by atoms with Gasteiger partial charge in [-0.05, 0) is 60.9 Å². The van der Waals surface area contributed by atoms with E-state index in [1.807, 2.05) is 28.8 Å². The Morgan fingerprint density at radius 3 is 2.72 bits per heavy atom. The summed E-state index contributed by atoms with van der Waals surface area (Å²) >= 11 is 0. The molecule has 1 aromatic carbocycles. The van der Waals surface area contributed by atoms with E-state index < -0.39 is 0 Å². The van der Waals surface area contributed by atoms with Gasteiger partial charge in [-0.1, -0.05) is 31.4 Å². The van der Waals surface area contributed by atoms with Gasteiger partial charge in [0.15, 0.2) is 0 Å². The van der Waals surface area contributed by atoms with Gasteiger partial charge in [-0.25, -0.2) is 0 Å². The average molecular weight is 388 g/mol. The van der Waals surface area contributed by atoms with Gasteiger partial charge in [0.1, 0.15) is 0 Å². The molecule has 2 aromatic rings. The molecule has 0 N–H and O–H groups in total. The van der Waals surface area contributed by atoms with E-state index >= 15 is 0 Å². The molecule has 2 aliphatic heterocycles. The molecule has 4 heteroatoms. The fraction of sp³-hybridized carbons (Fsp3) is 0.520. The van der Waals surface area contributed by atoms with E-state index in [-0.39, 0.29) is 5.56 Å². The lowest BCUT2D eigenvalue weighted by Gasteiger charge is -2.44. The van der Waals surface area contributed by atoms with Crippen LogP contribution in [0.15, 0.2) is 41.2 Å². The van der Waals surface area contributed by atoms with E-state index in [2.05, 4.69) is 17.0 Å². The highest BCUT2D eigenvalue weighted by molar-refractivity contribution is 5.64. The Morgan fingerprint density at radius 1 is 1.03 bits per heavy atom. The molecular weight excluding hydrogens is 358 g/mol. The van der Waals surface area contributed by atoms with Crippen molar-refractivity contribution in [1.82, 2.24) is 9.47 Å². The molecule has 0 spiro atoms. The normalized spacial score (nSPS) is 24.7. The van der Waals surface area contributed by atoms with Crippen molar-refractivity contribution < 1.29 is 0 Å². The van der Waals surface area contributed by atoms with Crippen molar-refractivity contribution in [2.75, 3.05) is 19.6 Å². The molecule has 5 rings (SSSR count). The number of aromatic nitrogens is 1.